The normalized spacial score (nSPS) is 13.4. The Bertz CT molecular complexity index is 1150. The van der Waals surface area contributed by atoms with Crippen LogP contribution in [0, 0.1) is 0 Å². The van der Waals surface area contributed by atoms with Crippen LogP contribution in [0.25, 0.3) is 0 Å². The fraction of sp³-hybridized carbons (Fsp3) is 0.286. The van der Waals surface area contributed by atoms with Gasteiger partial charge in [-0.3, -0.25) is 4.79 Å². The summed E-state index contributed by atoms with van der Waals surface area (Å²) < 4.78 is 4.74. The van der Waals surface area contributed by atoms with Crippen LogP contribution in [-0.2, 0) is 17.6 Å². The highest BCUT2D eigenvalue weighted by Crippen LogP contribution is 2.25. The molecule has 3 aromatic rings. The van der Waals surface area contributed by atoms with Gasteiger partial charge in [-0.1, -0.05) is 24.3 Å². The van der Waals surface area contributed by atoms with Crippen molar-refractivity contribution < 1.29 is 14.3 Å². The summed E-state index contributed by atoms with van der Waals surface area (Å²) in [6.07, 6.45) is 5.24. The summed E-state index contributed by atoms with van der Waals surface area (Å²) in [6, 6.07) is 21.0. The molecule has 0 unspecified atom stereocenters. The van der Waals surface area contributed by atoms with E-state index >= 15 is 0 Å². The molecule has 1 aliphatic heterocycles. The van der Waals surface area contributed by atoms with Crippen LogP contribution in [0.4, 0.5) is 17.1 Å². The number of benzene rings is 3. The molecule has 1 heterocycles. The van der Waals surface area contributed by atoms with Gasteiger partial charge in [-0.2, -0.15) is 0 Å². The standard InChI is InChI=1S/C28H31N3O3/c1-34-28(33)22-12-10-20(11-13-22)8-9-21-6-5-7-23(18-21)30-27(32)25-19-24(14-15-26(25)29)31-16-3-2-4-17-31/h5-7,10-15,18-19H,2-4,8-9,16-17,29H2,1H3,(H,30,32). The Morgan fingerprint density at radius 3 is 2.38 bits per heavy atom. The van der Waals surface area contributed by atoms with E-state index < -0.39 is 0 Å². The number of rotatable bonds is 7. The van der Waals surface area contributed by atoms with E-state index in [1.807, 2.05) is 54.6 Å². The molecule has 0 radical (unpaired) electrons. The molecular weight excluding hydrogens is 426 g/mol. The summed E-state index contributed by atoms with van der Waals surface area (Å²) in [5, 5.41) is 3.01. The van der Waals surface area contributed by atoms with Crippen LogP contribution in [0.3, 0.4) is 0 Å². The van der Waals surface area contributed by atoms with Crippen molar-refractivity contribution in [1.82, 2.24) is 0 Å². The fourth-order valence-electron chi connectivity index (χ4n) is 4.31. The van der Waals surface area contributed by atoms with Gasteiger partial charge in [-0.15, -0.1) is 0 Å². The molecule has 4 rings (SSSR count). The SMILES string of the molecule is COC(=O)c1ccc(CCc2cccc(NC(=O)c3cc(N4CCCCC4)ccc3N)c2)cc1. The van der Waals surface area contributed by atoms with Gasteiger partial charge in [-0.05, 0) is 85.7 Å². The Labute approximate surface area is 200 Å². The Hall–Kier alpha value is -3.80. The number of methoxy groups -OCH3 is 1. The first-order valence-electron chi connectivity index (χ1n) is 11.8. The highest BCUT2D eigenvalue weighted by Gasteiger charge is 2.16. The van der Waals surface area contributed by atoms with Crippen LogP contribution >= 0.6 is 0 Å². The molecule has 3 aromatic carbocycles. The zero-order chi connectivity index (χ0) is 23.9. The van der Waals surface area contributed by atoms with Crippen molar-refractivity contribution in [1.29, 1.82) is 0 Å². The molecule has 0 spiro atoms. The maximum atomic E-state index is 13.0. The number of nitrogen functional groups attached to an aromatic ring is 1. The van der Waals surface area contributed by atoms with Gasteiger partial charge >= 0.3 is 5.97 Å². The summed E-state index contributed by atoms with van der Waals surface area (Å²) in [5.41, 5.74) is 11.7. The Kier molecular flexibility index (Phi) is 7.48. The van der Waals surface area contributed by atoms with Crippen molar-refractivity contribution in [3.63, 3.8) is 0 Å². The number of piperidine rings is 1. The highest BCUT2D eigenvalue weighted by molar-refractivity contribution is 6.08. The number of anilines is 3. The van der Waals surface area contributed by atoms with Crippen molar-refractivity contribution in [2.24, 2.45) is 0 Å². The van der Waals surface area contributed by atoms with Gasteiger partial charge in [0.05, 0.1) is 18.2 Å². The van der Waals surface area contributed by atoms with Crippen molar-refractivity contribution in [2.75, 3.05) is 36.1 Å². The molecule has 0 aliphatic carbocycles. The zero-order valence-corrected chi connectivity index (χ0v) is 19.5. The monoisotopic (exact) mass is 457 g/mol. The number of esters is 1. The van der Waals surface area contributed by atoms with E-state index in [4.69, 9.17) is 10.5 Å². The van der Waals surface area contributed by atoms with Gasteiger partial charge in [0.1, 0.15) is 0 Å². The summed E-state index contributed by atoms with van der Waals surface area (Å²) in [6.45, 7) is 2.02. The van der Waals surface area contributed by atoms with Crippen LogP contribution in [0.2, 0.25) is 0 Å². The van der Waals surface area contributed by atoms with E-state index in [9.17, 15) is 9.59 Å². The predicted octanol–water partition coefficient (Wildman–Crippen LogP) is 5.08. The first-order valence-corrected chi connectivity index (χ1v) is 11.8. The largest absolute Gasteiger partial charge is 0.465 e. The average molecular weight is 458 g/mol. The average Bonchev–Trinajstić information content (AvgIpc) is 2.88. The van der Waals surface area contributed by atoms with Crippen LogP contribution in [0.15, 0.2) is 66.7 Å². The summed E-state index contributed by atoms with van der Waals surface area (Å²) >= 11 is 0. The number of amides is 1. The van der Waals surface area contributed by atoms with Crippen LogP contribution in [0.1, 0.15) is 51.1 Å². The molecule has 1 aliphatic rings. The van der Waals surface area contributed by atoms with E-state index in [2.05, 4.69) is 10.2 Å². The van der Waals surface area contributed by atoms with Gasteiger partial charge in [0, 0.05) is 30.2 Å². The van der Waals surface area contributed by atoms with E-state index in [-0.39, 0.29) is 11.9 Å². The summed E-state index contributed by atoms with van der Waals surface area (Å²) in [4.78, 5) is 26.9. The van der Waals surface area contributed by atoms with Crippen molar-refractivity contribution in [3.05, 3.63) is 89.0 Å². The molecule has 0 atom stereocenters. The van der Waals surface area contributed by atoms with Crippen LogP contribution in [0.5, 0.6) is 0 Å². The van der Waals surface area contributed by atoms with Gasteiger partial charge in [0.2, 0.25) is 0 Å². The Balaban J connectivity index is 1.40. The molecule has 1 saturated heterocycles. The smallest absolute Gasteiger partial charge is 0.337 e. The van der Waals surface area contributed by atoms with Gasteiger partial charge in [0.15, 0.2) is 0 Å². The topological polar surface area (TPSA) is 84.7 Å². The Morgan fingerprint density at radius 1 is 0.912 bits per heavy atom. The molecule has 6 nitrogen and oxygen atoms in total. The minimum Gasteiger partial charge on any atom is -0.465 e. The lowest BCUT2D eigenvalue weighted by atomic mass is 10.0. The maximum Gasteiger partial charge on any atom is 0.337 e. The molecule has 6 heteroatoms. The minimum absolute atomic E-state index is 0.202. The number of carbonyl (C=O) groups excluding carboxylic acids is 2. The number of nitrogens with one attached hydrogen (secondary N) is 1. The molecule has 34 heavy (non-hydrogen) atoms. The summed E-state index contributed by atoms with van der Waals surface area (Å²) in [5.74, 6) is -0.538. The lowest BCUT2D eigenvalue weighted by molar-refractivity contribution is 0.0600. The lowest BCUT2D eigenvalue weighted by Crippen LogP contribution is -2.29. The minimum atomic E-state index is -0.336. The second-order valence-electron chi connectivity index (χ2n) is 8.66. The first-order chi connectivity index (χ1) is 16.5. The van der Waals surface area contributed by atoms with Crippen LogP contribution in [-0.4, -0.2) is 32.1 Å². The molecule has 1 fully saturated rings. The lowest BCUT2D eigenvalue weighted by Gasteiger charge is -2.29. The molecule has 1 amide bonds. The Morgan fingerprint density at radius 2 is 1.65 bits per heavy atom. The number of ether oxygens (including phenoxy) is 1. The molecular formula is C28H31N3O3. The van der Waals surface area contributed by atoms with Gasteiger partial charge < -0.3 is 20.7 Å². The number of nitrogens with zero attached hydrogens (tertiary/aromatic N) is 1. The van der Waals surface area contributed by atoms with Crippen molar-refractivity contribution in [2.45, 2.75) is 32.1 Å². The number of nitrogens with two attached hydrogens (primary N) is 1. The quantitative estimate of drug-likeness (QED) is 0.382. The zero-order valence-electron chi connectivity index (χ0n) is 19.5. The summed E-state index contributed by atoms with van der Waals surface area (Å²) in [7, 11) is 1.38. The predicted molar refractivity (Wildman–Crippen MR) is 137 cm³/mol. The number of carbonyl (C=O) groups is 2. The van der Waals surface area contributed by atoms with Gasteiger partial charge in [0.25, 0.3) is 5.91 Å². The third-order valence-electron chi connectivity index (χ3n) is 6.26. The second kappa shape index (κ2) is 10.9. The number of hydrogen-bond acceptors (Lipinski definition) is 5. The van der Waals surface area contributed by atoms with Gasteiger partial charge in [-0.25, -0.2) is 4.79 Å². The van der Waals surface area contributed by atoms with Crippen molar-refractivity contribution in [3.8, 4) is 0 Å². The molecule has 176 valence electrons. The third kappa shape index (κ3) is 5.76. The number of hydrogen-bond donors (Lipinski definition) is 2. The second-order valence-corrected chi connectivity index (χ2v) is 8.66. The van der Waals surface area contributed by atoms with E-state index in [1.165, 1.54) is 26.4 Å². The van der Waals surface area contributed by atoms with E-state index in [0.29, 0.717) is 16.8 Å². The van der Waals surface area contributed by atoms with Crippen LogP contribution < -0.4 is 16.0 Å². The maximum absolute atomic E-state index is 13.0. The molecule has 3 N–H and O–H groups in total. The first kappa shape index (κ1) is 23.4. The molecule has 0 aromatic heterocycles. The van der Waals surface area contributed by atoms with E-state index in [0.717, 1.165) is 48.4 Å². The van der Waals surface area contributed by atoms with Crippen molar-refractivity contribution >= 4 is 28.9 Å². The highest BCUT2D eigenvalue weighted by atomic mass is 16.5. The number of aryl methyl sites for hydroxylation is 2. The third-order valence-corrected chi connectivity index (χ3v) is 6.26. The molecule has 0 saturated carbocycles. The van der Waals surface area contributed by atoms with E-state index in [1.54, 1.807) is 12.1 Å². The molecule has 0 bridgehead atoms. The fourth-order valence-corrected chi connectivity index (χ4v) is 4.31.